The summed E-state index contributed by atoms with van der Waals surface area (Å²) in [5, 5.41) is 0.535. The SMILES string of the molecule is COC(=O)C(CC=O)c1cccc(Cl)c1. The number of hydrogen-bond donors (Lipinski definition) is 0. The second kappa shape index (κ2) is 5.51. The molecule has 0 radical (unpaired) electrons. The van der Waals surface area contributed by atoms with Crippen LogP contribution in [0.15, 0.2) is 24.3 Å². The minimum atomic E-state index is -0.564. The number of aldehydes is 1. The van der Waals surface area contributed by atoms with Crippen LogP contribution < -0.4 is 0 Å². The molecule has 0 fully saturated rings. The summed E-state index contributed by atoms with van der Waals surface area (Å²) in [5.41, 5.74) is 0.696. The third-order valence-corrected chi connectivity index (χ3v) is 2.30. The third kappa shape index (κ3) is 3.06. The van der Waals surface area contributed by atoms with Gasteiger partial charge in [0.05, 0.1) is 13.0 Å². The Kier molecular flexibility index (Phi) is 4.31. The van der Waals surface area contributed by atoms with Crippen LogP contribution in [0.3, 0.4) is 0 Å². The van der Waals surface area contributed by atoms with Crippen molar-refractivity contribution in [3.05, 3.63) is 34.9 Å². The van der Waals surface area contributed by atoms with Gasteiger partial charge in [-0.05, 0) is 17.7 Å². The molecule has 80 valence electrons. The normalized spacial score (nSPS) is 11.9. The van der Waals surface area contributed by atoms with Crippen molar-refractivity contribution < 1.29 is 14.3 Å². The van der Waals surface area contributed by atoms with Crippen LogP contribution >= 0.6 is 11.6 Å². The fraction of sp³-hybridized carbons (Fsp3) is 0.273. The Balaban J connectivity index is 2.98. The fourth-order valence-corrected chi connectivity index (χ4v) is 1.53. The molecule has 15 heavy (non-hydrogen) atoms. The van der Waals surface area contributed by atoms with E-state index in [-0.39, 0.29) is 6.42 Å². The van der Waals surface area contributed by atoms with Gasteiger partial charge < -0.3 is 9.53 Å². The molecule has 1 aromatic carbocycles. The first kappa shape index (κ1) is 11.7. The molecule has 0 bridgehead atoms. The standard InChI is InChI=1S/C11H11ClO3/c1-15-11(14)10(5-6-13)8-3-2-4-9(12)7-8/h2-4,6-7,10H,5H2,1H3. The highest BCUT2D eigenvalue weighted by molar-refractivity contribution is 6.30. The minimum Gasteiger partial charge on any atom is -0.469 e. The zero-order valence-corrected chi connectivity index (χ0v) is 9.03. The maximum Gasteiger partial charge on any atom is 0.313 e. The van der Waals surface area contributed by atoms with E-state index in [0.29, 0.717) is 16.9 Å². The van der Waals surface area contributed by atoms with E-state index in [9.17, 15) is 9.59 Å². The van der Waals surface area contributed by atoms with Crippen LogP contribution in [0.5, 0.6) is 0 Å². The average molecular weight is 227 g/mol. The largest absolute Gasteiger partial charge is 0.469 e. The second-order valence-corrected chi connectivity index (χ2v) is 3.47. The van der Waals surface area contributed by atoms with Crippen molar-refractivity contribution in [2.24, 2.45) is 0 Å². The molecule has 1 rings (SSSR count). The highest BCUT2D eigenvalue weighted by atomic mass is 35.5. The van der Waals surface area contributed by atoms with Crippen molar-refractivity contribution in [2.75, 3.05) is 7.11 Å². The summed E-state index contributed by atoms with van der Waals surface area (Å²) in [6.45, 7) is 0. The van der Waals surface area contributed by atoms with Crippen molar-refractivity contribution in [1.29, 1.82) is 0 Å². The Morgan fingerprint density at radius 2 is 2.33 bits per heavy atom. The van der Waals surface area contributed by atoms with E-state index in [2.05, 4.69) is 4.74 Å². The summed E-state index contributed by atoms with van der Waals surface area (Å²) in [4.78, 5) is 21.8. The predicted octanol–water partition coefficient (Wildman–Crippen LogP) is 2.19. The predicted molar refractivity (Wildman–Crippen MR) is 56.9 cm³/mol. The number of methoxy groups -OCH3 is 1. The number of ether oxygens (including phenoxy) is 1. The Morgan fingerprint density at radius 3 is 2.87 bits per heavy atom. The third-order valence-electron chi connectivity index (χ3n) is 2.07. The lowest BCUT2D eigenvalue weighted by atomic mass is 9.96. The van der Waals surface area contributed by atoms with Crippen molar-refractivity contribution in [1.82, 2.24) is 0 Å². The number of benzene rings is 1. The summed E-state index contributed by atoms with van der Waals surface area (Å²) in [7, 11) is 1.30. The summed E-state index contributed by atoms with van der Waals surface area (Å²) in [5.74, 6) is -0.990. The molecule has 0 amide bonds. The molecule has 0 saturated carbocycles. The fourth-order valence-electron chi connectivity index (χ4n) is 1.33. The van der Waals surface area contributed by atoms with Crippen molar-refractivity contribution in [3.8, 4) is 0 Å². The number of carbonyl (C=O) groups excluding carboxylic acids is 2. The molecule has 1 atom stereocenters. The zero-order chi connectivity index (χ0) is 11.3. The molecule has 0 heterocycles. The van der Waals surface area contributed by atoms with Crippen LogP contribution in [0.1, 0.15) is 17.9 Å². The van der Waals surface area contributed by atoms with E-state index in [0.717, 1.165) is 0 Å². The van der Waals surface area contributed by atoms with Gasteiger partial charge in [-0.1, -0.05) is 23.7 Å². The molecule has 0 aliphatic rings. The van der Waals surface area contributed by atoms with Crippen molar-refractivity contribution >= 4 is 23.9 Å². The lowest BCUT2D eigenvalue weighted by molar-refractivity contribution is -0.143. The van der Waals surface area contributed by atoms with Crippen LogP contribution in [-0.4, -0.2) is 19.4 Å². The molecule has 0 aliphatic carbocycles. The van der Waals surface area contributed by atoms with Crippen LogP contribution in [0, 0.1) is 0 Å². The maximum atomic E-state index is 11.4. The first-order valence-electron chi connectivity index (χ1n) is 4.46. The second-order valence-electron chi connectivity index (χ2n) is 3.03. The van der Waals surface area contributed by atoms with E-state index >= 15 is 0 Å². The van der Waals surface area contributed by atoms with Gasteiger partial charge in [-0.15, -0.1) is 0 Å². The highest BCUT2D eigenvalue weighted by Crippen LogP contribution is 2.23. The number of rotatable bonds is 4. The summed E-state index contributed by atoms with van der Waals surface area (Å²) >= 11 is 5.80. The first-order valence-corrected chi connectivity index (χ1v) is 4.83. The van der Waals surface area contributed by atoms with Gasteiger partial charge in [0.25, 0.3) is 0 Å². The molecule has 1 unspecified atom stereocenters. The van der Waals surface area contributed by atoms with Crippen LogP contribution in [0.4, 0.5) is 0 Å². The summed E-state index contributed by atoms with van der Waals surface area (Å²) < 4.78 is 4.62. The quantitative estimate of drug-likeness (QED) is 0.584. The lowest BCUT2D eigenvalue weighted by Gasteiger charge is -2.11. The smallest absolute Gasteiger partial charge is 0.313 e. The molecule has 1 aromatic rings. The van der Waals surface area contributed by atoms with Gasteiger partial charge in [-0.25, -0.2) is 0 Å². The Morgan fingerprint density at radius 1 is 1.60 bits per heavy atom. The van der Waals surface area contributed by atoms with Crippen LogP contribution in [-0.2, 0) is 14.3 Å². The van der Waals surface area contributed by atoms with Crippen molar-refractivity contribution in [2.45, 2.75) is 12.3 Å². The number of carbonyl (C=O) groups is 2. The molecule has 0 saturated heterocycles. The van der Waals surface area contributed by atoms with Gasteiger partial charge >= 0.3 is 5.97 Å². The topological polar surface area (TPSA) is 43.4 Å². The van der Waals surface area contributed by atoms with Crippen LogP contribution in [0.25, 0.3) is 0 Å². The highest BCUT2D eigenvalue weighted by Gasteiger charge is 2.20. The molecule has 4 heteroatoms. The first-order chi connectivity index (χ1) is 7.19. The molecule has 0 spiro atoms. The van der Waals surface area contributed by atoms with E-state index in [1.807, 2.05) is 0 Å². The Labute approximate surface area is 93.0 Å². The van der Waals surface area contributed by atoms with Gasteiger partial charge in [-0.2, -0.15) is 0 Å². The van der Waals surface area contributed by atoms with Gasteiger partial charge in [-0.3, -0.25) is 4.79 Å². The minimum absolute atomic E-state index is 0.104. The van der Waals surface area contributed by atoms with Crippen LogP contribution in [0.2, 0.25) is 5.02 Å². The monoisotopic (exact) mass is 226 g/mol. The van der Waals surface area contributed by atoms with E-state index in [1.54, 1.807) is 24.3 Å². The average Bonchev–Trinajstić information content (AvgIpc) is 2.25. The lowest BCUT2D eigenvalue weighted by Crippen LogP contribution is -2.14. The van der Waals surface area contributed by atoms with Gasteiger partial charge in [0.2, 0.25) is 0 Å². The zero-order valence-electron chi connectivity index (χ0n) is 8.27. The number of esters is 1. The molecule has 0 N–H and O–H groups in total. The van der Waals surface area contributed by atoms with E-state index in [1.165, 1.54) is 7.11 Å². The molecule has 0 aliphatic heterocycles. The maximum absolute atomic E-state index is 11.4. The van der Waals surface area contributed by atoms with Gasteiger partial charge in [0.1, 0.15) is 6.29 Å². The number of halogens is 1. The van der Waals surface area contributed by atoms with Gasteiger partial charge in [0, 0.05) is 11.4 Å². The Bertz CT molecular complexity index is 363. The molecule has 0 aromatic heterocycles. The van der Waals surface area contributed by atoms with Crippen molar-refractivity contribution in [3.63, 3.8) is 0 Å². The van der Waals surface area contributed by atoms with E-state index < -0.39 is 11.9 Å². The summed E-state index contributed by atoms with van der Waals surface area (Å²) in [6, 6.07) is 6.85. The molecular weight excluding hydrogens is 216 g/mol. The number of hydrogen-bond acceptors (Lipinski definition) is 3. The molecule has 3 nitrogen and oxygen atoms in total. The van der Waals surface area contributed by atoms with E-state index in [4.69, 9.17) is 11.6 Å². The van der Waals surface area contributed by atoms with Gasteiger partial charge in [0.15, 0.2) is 0 Å². The summed E-state index contributed by atoms with van der Waals surface area (Å²) in [6.07, 6.45) is 0.801. The Hall–Kier alpha value is -1.35. The molecular formula is C11H11ClO3.